The second-order valence-corrected chi connectivity index (χ2v) is 6.50. The topological polar surface area (TPSA) is 59.1 Å². The largest absolute Gasteiger partial charge is 0.267 e. The highest BCUT2D eigenvalue weighted by atomic mass is 79.9. The average Bonchev–Trinajstić information content (AvgIpc) is 2.25. The molecule has 8 heteroatoms. The molecule has 20 heavy (non-hydrogen) atoms. The summed E-state index contributed by atoms with van der Waals surface area (Å²) in [5.74, 6) is -2.00. The van der Waals surface area contributed by atoms with Crippen LogP contribution in [0.3, 0.4) is 0 Å². The first-order valence-electron chi connectivity index (χ1n) is 5.39. The predicted octanol–water partition coefficient (Wildman–Crippen LogP) is 3.23. The standard InChI is InChI=1S/C12H9BrF2N2O2S/c1-7-2-3-16-11(4-7)17-20(18,19)12-9(13)5-8(14)6-10(12)15/h2-6H,1H3,(H,16,17). The van der Waals surface area contributed by atoms with Crippen LogP contribution in [0.1, 0.15) is 5.56 Å². The van der Waals surface area contributed by atoms with Gasteiger partial charge in [-0.05, 0) is 46.6 Å². The van der Waals surface area contributed by atoms with Crippen molar-refractivity contribution in [3.05, 3.63) is 52.1 Å². The Morgan fingerprint density at radius 1 is 1.25 bits per heavy atom. The zero-order valence-electron chi connectivity index (χ0n) is 10.2. The number of rotatable bonds is 3. The molecule has 0 bridgehead atoms. The van der Waals surface area contributed by atoms with Gasteiger partial charge in [-0.1, -0.05) is 0 Å². The lowest BCUT2D eigenvalue weighted by Gasteiger charge is -2.10. The third-order valence-corrected chi connectivity index (χ3v) is 4.70. The van der Waals surface area contributed by atoms with Crippen LogP contribution >= 0.6 is 15.9 Å². The third kappa shape index (κ3) is 3.13. The highest BCUT2D eigenvalue weighted by molar-refractivity contribution is 9.10. The Kier molecular flexibility index (Phi) is 4.05. The van der Waals surface area contributed by atoms with Gasteiger partial charge in [-0.2, -0.15) is 0 Å². The lowest BCUT2D eigenvalue weighted by molar-refractivity contribution is 0.548. The summed E-state index contributed by atoms with van der Waals surface area (Å²) in [5, 5.41) is 0. The molecule has 0 aliphatic heterocycles. The van der Waals surface area contributed by atoms with E-state index in [1.165, 1.54) is 12.3 Å². The molecule has 1 aromatic carbocycles. The number of halogens is 3. The molecule has 0 unspecified atom stereocenters. The van der Waals surface area contributed by atoms with E-state index in [2.05, 4.69) is 25.6 Å². The highest BCUT2D eigenvalue weighted by Gasteiger charge is 2.24. The summed E-state index contributed by atoms with van der Waals surface area (Å²) in [6, 6.07) is 4.56. The summed E-state index contributed by atoms with van der Waals surface area (Å²) >= 11 is 2.84. The van der Waals surface area contributed by atoms with E-state index in [1.807, 2.05) is 0 Å². The van der Waals surface area contributed by atoms with Crippen molar-refractivity contribution in [3.63, 3.8) is 0 Å². The van der Waals surface area contributed by atoms with Crippen LogP contribution in [0.5, 0.6) is 0 Å². The van der Waals surface area contributed by atoms with Crippen LogP contribution in [0.4, 0.5) is 14.6 Å². The number of aryl methyl sites for hydroxylation is 1. The Labute approximate surface area is 123 Å². The van der Waals surface area contributed by atoms with Crippen LogP contribution in [-0.2, 0) is 10.0 Å². The Balaban J connectivity index is 2.46. The van der Waals surface area contributed by atoms with Crippen molar-refractivity contribution in [1.29, 1.82) is 0 Å². The molecule has 0 fully saturated rings. The van der Waals surface area contributed by atoms with Crippen molar-refractivity contribution in [2.75, 3.05) is 4.72 Å². The fourth-order valence-corrected chi connectivity index (χ4v) is 3.73. The van der Waals surface area contributed by atoms with E-state index in [4.69, 9.17) is 0 Å². The van der Waals surface area contributed by atoms with Crippen LogP contribution in [0.15, 0.2) is 39.8 Å². The summed E-state index contributed by atoms with van der Waals surface area (Å²) in [6.07, 6.45) is 1.42. The Morgan fingerprint density at radius 2 is 1.95 bits per heavy atom. The molecule has 106 valence electrons. The summed E-state index contributed by atoms with van der Waals surface area (Å²) < 4.78 is 52.8. The van der Waals surface area contributed by atoms with Gasteiger partial charge in [0.15, 0.2) is 0 Å². The first kappa shape index (κ1) is 14.9. The number of hydrogen-bond donors (Lipinski definition) is 1. The lowest BCUT2D eigenvalue weighted by atomic mass is 10.3. The van der Waals surface area contributed by atoms with E-state index in [0.717, 1.165) is 11.6 Å². The maximum Gasteiger partial charge on any atom is 0.267 e. The predicted molar refractivity (Wildman–Crippen MR) is 73.8 cm³/mol. The van der Waals surface area contributed by atoms with Gasteiger partial charge in [0.05, 0.1) is 0 Å². The number of nitrogens with one attached hydrogen (secondary N) is 1. The molecule has 0 radical (unpaired) electrons. The monoisotopic (exact) mass is 362 g/mol. The minimum atomic E-state index is -4.21. The lowest BCUT2D eigenvalue weighted by Crippen LogP contribution is -2.16. The van der Waals surface area contributed by atoms with Gasteiger partial charge in [0.1, 0.15) is 22.3 Å². The van der Waals surface area contributed by atoms with Crippen molar-refractivity contribution >= 4 is 31.8 Å². The van der Waals surface area contributed by atoms with E-state index < -0.39 is 26.6 Å². The van der Waals surface area contributed by atoms with Gasteiger partial charge < -0.3 is 0 Å². The molecule has 1 heterocycles. The van der Waals surface area contributed by atoms with Gasteiger partial charge >= 0.3 is 0 Å². The molecule has 0 aliphatic carbocycles. The Bertz CT molecular complexity index is 743. The first-order chi connectivity index (χ1) is 9.29. The van der Waals surface area contributed by atoms with Crippen LogP contribution in [0.25, 0.3) is 0 Å². The van der Waals surface area contributed by atoms with E-state index >= 15 is 0 Å². The second kappa shape index (κ2) is 5.45. The molecule has 0 atom stereocenters. The maximum atomic E-state index is 13.7. The molecule has 0 aliphatic rings. The van der Waals surface area contributed by atoms with Crippen molar-refractivity contribution in [2.45, 2.75) is 11.8 Å². The van der Waals surface area contributed by atoms with Crippen LogP contribution in [0, 0.1) is 18.6 Å². The van der Waals surface area contributed by atoms with Crippen LogP contribution in [0.2, 0.25) is 0 Å². The summed E-state index contributed by atoms with van der Waals surface area (Å²) in [7, 11) is -4.21. The van der Waals surface area contributed by atoms with Gasteiger partial charge in [0.2, 0.25) is 0 Å². The molecule has 1 aromatic heterocycles. The Morgan fingerprint density at radius 3 is 2.55 bits per heavy atom. The molecule has 0 amide bonds. The van der Waals surface area contributed by atoms with E-state index in [9.17, 15) is 17.2 Å². The van der Waals surface area contributed by atoms with Gasteiger partial charge in [-0.15, -0.1) is 0 Å². The van der Waals surface area contributed by atoms with Crippen molar-refractivity contribution in [1.82, 2.24) is 4.98 Å². The molecular formula is C12H9BrF2N2O2S. The summed E-state index contributed by atoms with van der Waals surface area (Å²) in [4.78, 5) is 3.16. The molecule has 2 rings (SSSR count). The number of sulfonamides is 1. The highest BCUT2D eigenvalue weighted by Crippen LogP contribution is 2.27. The number of nitrogens with zero attached hydrogens (tertiary/aromatic N) is 1. The number of benzene rings is 1. The number of hydrogen-bond acceptors (Lipinski definition) is 3. The quantitative estimate of drug-likeness (QED) is 0.911. The number of anilines is 1. The SMILES string of the molecule is Cc1ccnc(NS(=O)(=O)c2c(F)cc(F)cc2Br)c1. The first-order valence-corrected chi connectivity index (χ1v) is 7.67. The smallest absolute Gasteiger partial charge is 0.263 e. The molecule has 1 N–H and O–H groups in total. The van der Waals surface area contributed by atoms with Gasteiger partial charge in [0, 0.05) is 16.7 Å². The Hall–Kier alpha value is -1.54. The van der Waals surface area contributed by atoms with Gasteiger partial charge in [-0.3, -0.25) is 4.72 Å². The number of aromatic nitrogens is 1. The minimum absolute atomic E-state index is 0.0561. The van der Waals surface area contributed by atoms with E-state index in [0.29, 0.717) is 6.07 Å². The molecule has 0 saturated carbocycles. The fraction of sp³-hybridized carbons (Fsp3) is 0.0833. The molecular weight excluding hydrogens is 354 g/mol. The summed E-state index contributed by atoms with van der Waals surface area (Å²) in [6.45, 7) is 1.76. The summed E-state index contributed by atoms with van der Waals surface area (Å²) in [5.41, 5.74) is 0.788. The molecule has 2 aromatic rings. The van der Waals surface area contributed by atoms with Crippen LogP contribution < -0.4 is 4.72 Å². The molecule has 0 spiro atoms. The van der Waals surface area contributed by atoms with Gasteiger partial charge in [-0.25, -0.2) is 22.2 Å². The third-order valence-electron chi connectivity index (χ3n) is 2.39. The van der Waals surface area contributed by atoms with Gasteiger partial charge in [0.25, 0.3) is 10.0 Å². The minimum Gasteiger partial charge on any atom is -0.263 e. The zero-order valence-corrected chi connectivity index (χ0v) is 12.6. The maximum absolute atomic E-state index is 13.7. The van der Waals surface area contributed by atoms with E-state index in [1.54, 1.807) is 13.0 Å². The average molecular weight is 363 g/mol. The molecule has 4 nitrogen and oxygen atoms in total. The second-order valence-electron chi connectivity index (χ2n) is 4.02. The zero-order chi connectivity index (χ0) is 14.9. The fourth-order valence-electron chi connectivity index (χ4n) is 1.57. The molecule has 0 saturated heterocycles. The van der Waals surface area contributed by atoms with Crippen LogP contribution in [-0.4, -0.2) is 13.4 Å². The number of pyridine rings is 1. The van der Waals surface area contributed by atoms with Crippen molar-refractivity contribution in [3.8, 4) is 0 Å². The normalized spacial score (nSPS) is 11.4. The van der Waals surface area contributed by atoms with Crippen molar-refractivity contribution < 1.29 is 17.2 Å². The van der Waals surface area contributed by atoms with Crippen molar-refractivity contribution in [2.24, 2.45) is 0 Å². The van der Waals surface area contributed by atoms with E-state index in [-0.39, 0.29) is 10.3 Å².